The zero-order valence-electron chi connectivity index (χ0n) is 9.06. The Labute approximate surface area is 94.2 Å². The molecule has 0 bridgehead atoms. The van der Waals surface area contributed by atoms with Crippen molar-refractivity contribution in [3.05, 3.63) is 24.3 Å². The number of carbonyl (C=O) groups excluding carboxylic acids is 1. The molecule has 1 atom stereocenters. The fourth-order valence-corrected chi connectivity index (χ4v) is 1.71. The second-order valence-electron chi connectivity index (χ2n) is 3.88. The molecule has 1 amide bonds. The van der Waals surface area contributed by atoms with Gasteiger partial charge in [-0.1, -0.05) is 0 Å². The molecular weight excluding hydrogens is 206 g/mol. The van der Waals surface area contributed by atoms with Crippen LogP contribution in [-0.2, 0) is 4.74 Å². The average Bonchev–Trinajstić information content (AvgIpc) is 2.38. The quantitative estimate of drug-likeness (QED) is 0.813. The summed E-state index contributed by atoms with van der Waals surface area (Å²) in [5, 5.41) is 2.85. The maximum absolute atomic E-state index is 11.6. The second kappa shape index (κ2) is 5.55. The van der Waals surface area contributed by atoms with Crippen LogP contribution in [0.1, 0.15) is 23.3 Å². The van der Waals surface area contributed by atoms with Gasteiger partial charge >= 0.3 is 0 Å². The smallest absolute Gasteiger partial charge is 0.271 e. The molecule has 0 radical (unpaired) electrons. The Kier molecular flexibility index (Phi) is 3.82. The average molecular weight is 221 g/mol. The van der Waals surface area contributed by atoms with Crippen LogP contribution in [-0.4, -0.2) is 35.6 Å². The Morgan fingerprint density at radius 3 is 3.19 bits per heavy atom. The van der Waals surface area contributed by atoms with Gasteiger partial charge < -0.3 is 10.1 Å². The Morgan fingerprint density at radius 2 is 2.50 bits per heavy atom. The van der Waals surface area contributed by atoms with E-state index in [4.69, 9.17) is 4.74 Å². The van der Waals surface area contributed by atoms with E-state index in [2.05, 4.69) is 15.3 Å². The number of nitrogens with one attached hydrogen (secondary N) is 1. The highest BCUT2D eigenvalue weighted by Crippen LogP contribution is 2.12. The maximum atomic E-state index is 11.6. The fourth-order valence-electron chi connectivity index (χ4n) is 1.71. The zero-order chi connectivity index (χ0) is 11.2. The van der Waals surface area contributed by atoms with Crippen molar-refractivity contribution in [2.45, 2.75) is 12.8 Å². The molecule has 1 aliphatic rings. The molecule has 1 aliphatic heterocycles. The number of hydrogen-bond donors (Lipinski definition) is 1. The third kappa shape index (κ3) is 3.00. The molecule has 0 aliphatic carbocycles. The van der Waals surface area contributed by atoms with Gasteiger partial charge in [0.1, 0.15) is 5.69 Å². The normalized spacial score (nSPS) is 20.4. The fraction of sp³-hybridized carbons (Fsp3) is 0.545. The van der Waals surface area contributed by atoms with Gasteiger partial charge in [-0.05, 0) is 18.8 Å². The van der Waals surface area contributed by atoms with Gasteiger partial charge in [0.05, 0.1) is 12.8 Å². The number of carbonyl (C=O) groups is 1. The third-order valence-corrected chi connectivity index (χ3v) is 2.60. The van der Waals surface area contributed by atoms with Gasteiger partial charge in [0.15, 0.2) is 0 Å². The zero-order valence-corrected chi connectivity index (χ0v) is 9.06. The van der Waals surface area contributed by atoms with Crippen molar-refractivity contribution in [3.8, 4) is 0 Å². The molecule has 86 valence electrons. The summed E-state index contributed by atoms with van der Waals surface area (Å²) in [6.07, 6.45) is 6.71. The molecule has 2 heterocycles. The lowest BCUT2D eigenvalue weighted by Gasteiger charge is -2.21. The second-order valence-corrected chi connectivity index (χ2v) is 3.88. The molecule has 0 aromatic carbocycles. The van der Waals surface area contributed by atoms with Gasteiger partial charge in [0.2, 0.25) is 0 Å². The van der Waals surface area contributed by atoms with Crippen molar-refractivity contribution in [1.29, 1.82) is 0 Å². The number of amides is 1. The van der Waals surface area contributed by atoms with Crippen molar-refractivity contribution in [2.75, 3.05) is 19.8 Å². The molecule has 0 spiro atoms. The van der Waals surface area contributed by atoms with E-state index in [0.29, 0.717) is 18.2 Å². The van der Waals surface area contributed by atoms with Crippen molar-refractivity contribution in [2.24, 2.45) is 5.92 Å². The van der Waals surface area contributed by atoms with Crippen molar-refractivity contribution in [3.63, 3.8) is 0 Å². The largest absolute Gasteiger partial charge is 0.381 e. The predicted octanol–water partition coefficient (Wildman–Crippen LogP) is 0.633. The first-order chi connectivity index (χ1) is 7.86. The molecule has 5 nitrogen and oxygen atoms in total. The molecule has 1 fully saturated rings. The van der Waals surface area contributed by atoms with Gasteiger partial charge in [-0.25, -0.2) is 4.98 Å². The maximum Gasteiger partial charge on any atom is 0.271 e. The van der Waals surface area contributed by atoms with E-state index >= 15 is 0 Å². The van der Waals surface area contributed by atoms with Crippen LogP contribution in [0, 0.1) is 5.92 Å². The van der Waals surface area contributed by atoms with Gasteiger partial charge in [-0.3, -0.25) is 9.78 Å². The molecule has 16 heavy (non-hydrogen) atoms. The molecular formula is C11H15N3O2. The summed E-state index contributed by atoms with van der Waals surface area (Å²) in [5.74, 6) is 0.257. The van der Waals surface area contributed by atoms with Gasteiger partial charge in [0.25, 0.3) is 5.91 Å². The summed E-state index contributed by atoms with van der Waals surface area (Å²) in [6, 6.07) is 0. The Bertz CT molecular complexity index is 336. The molecule has 1 aromatic heterocycles. The predicted molar refractivity (Wildman–Crippen MR) is 57.9 cm³/mol. The standard InChI is InChI=1S/C11H15N3O2/c15-11(10-7-12-3-4-13-10)14-6-9-2-1-5-16-8-9/h3-4,7,9H,1-2,5-6,8H2,(H,14,15). The van der Waals surface area contributed by atoms with E-state index in [-0.39, 0.29) is 5.91 Å². The van der Waals surface area contributed by atoms with Crippen LogP contribution in [0.4, 0.5) is 0 Å². The highest BCUT2D eigenvalue weighted by atomic mass is 16.5. The number of ether oxygens (including phenoxy) is 1. The van der Waals surface area contributed by atoms with Crippen LogP contribution in [0.25, 0.3) is 0 Å². The van der Waals surface area contributed by atoms with E-state index in [0.717, 1.165) is 26.1 Å². The molecule has 1 saturated heterocycles. The summed E-state index contributed by atoms with van der Waals surface area (Å²) in [7, 11) is 0. The lowest BCUT2D eigenvalue weighted by Crippen LogP contribution is -2.33. The molecule has 1 unspecified atom stereocenters. The topological polar surface area (TPSA) is 64.1 Å². The minimum Gasteiger partial charge on any atom is -0.381 e. The number of rotatable bonds is 3. The van der Waals surface area contributed by atoms with Gasteiger partial charge in [-0.2, -0.15) is 0 Å². The lowest BCUT2D eigenvalue weighted by molar-refractivity contribution is 0.0535. The lowest BCUT2D eigenvalue weighted by atomic mass is 10.0. The highest BCUT2D eigenvalue weighted by Gasteiger charge is 2.15. The first-order valence-corrected chi connectivity index (χ1v) is 5.48. The van der Waals surface area contributed by atoms with Crippen molar-refractivity contribution >= 4 is 5.91 Å². The van der Waals surface area contributed by atoms with Crippen LogP contribution in [0.3, 0.4) is 0 Å². The summed E-state index contributed by atoms with van der Waals surface area (Å²) in [4.78, 5) is 19.4. The molecule has 2 rings (SSSR count). The molecule has 1 aromatic rings. The van der Waals surface area contributed by atoms with E-state index in [9.17, 15) is 4.79 Å². The molecule has 5 heteroatoms. The summed E-state index contributed by atoms with van der Waals surface area (Å²) in [6.45, 7) is 2.23. The monoisotopic (exact) mass is 221 g/mol. The van der Waals surface area contributed by atoms with E-state index in [1.54, 1.807) is 6.20 Å². The first kappa shape index (κ1) is 11.0. The Balaban J connectivity index is 1.79. The van der Waals surface area contributed by atoms with Gasteiger partial charge in [-0.15, -0.1) is 0 Å². The summed E-state index contributed by atoms with van der Waals surface area (Å²) >= 11 is 0. The van der Waals surface area contributed by atoms with Crippen molar-refractivity contribution < 1.29 is 9.53 Å². The van der Waals surface area contributed by atoms with Crippen LogP contribution in [0.2, 0.25) is 0 Å². The minimum atomic E-state index is -0.168. The molecule has 0 saturated carbocycles. The third-order valence-electron chi connectivity index (χ3n) is 2.60. The summed E-state index contributed by atoms with van der Waals surface area (Å²) < 4.78 is 5.34. The van der Waals surface area contributed by atoms with Crippen LogP contribution >= 0.6 is 0 Å². The number of hydrogen-bond acceptors (Lipinski definition) is 4. The van der Waals surface area contributed by atoms with Gasteiger partial charge in [0, 0.05) is 25.5 Å². The van der Waals surface area contributed by atoms with E-state index < -0.39 is 0 Å². The van der Waals surface area contributed by atoms with Crippen LogP contribution in [0.15, 0.2) is 18.6 Å². The van der Waals surface area contributed by atoms with Crippen LogP contribution < -0.4 is 5.32 Å². The number of nitrogens with zero attached hydrogens (tertiary/aromatic N) is 2. The van der Waals surface area contributed by atoms with E-state index in [1.807, 2.05) is 0 Å². The first-order valence-electron chi connectivity index (χ1n) is 5.48. The number of aromatic nitrogens is 2. The Morgan fingerprint density at radius 1 is 1.56 bits per heavy atom. The Hall–Kier alpha value is -1.49. The van der Waals surface area contributed by atoms with Crippen molar-refractivity contribution in [1.82, 2.24) is 15.3 Å². The molecule has 1 N–H and O–H groups in total. The minimum absolute atomic E-state index is 0.168. The summed E-state index contributed by atoms with van der Waals surface area (Å²) in [5.41, 5.74) is 0.360. The van der Waals surface area contributed by atoms with E-state index in [1.165, 1.54) is 12.4 Å². The highest BCUT2D eigenvalue weighted by molar-refractivity contribution is 5.91. The SMILES string of the molecule is O=C(NCC1CCCOC1)c1cnccn1. The van der Waals surface area contributed by atoms with Crippen LogP contribution in [0.5, 0.6) is 0 Å².